The molecular formula is C38H46FN3O5. The molecule has 0 saturated carbocycles. The first kappa shape index (κ1) is 35.2. The van der Waals surface area contributed by atoms with Gasteiger partial charge in [0.05, 0.1) is 18.2 Å². The highest BCUT2D eigenvalue weighted by Crippen LogP contribution is 2.31. The molecule has 0 aliphatic rings. The van der Waals surface area contributed by atoms with Crippen LogP contribution in [0.4, 0.5) is 9.18 Å². The van der Waals surface area contributed by atoms with E-state index in [0.29, 0.717) is 35.3 Å². The Bertz CT molecular complexity index is 1700. The molecule has 0 spiro atoms. The Labute approximate surface area is 277 Å². The van der Waals surface area contributed by atoms with Gasteiger partial charge in [0.15, 0.2) is 0 Å². The summed E-state index contributed by atoms with van der Waals surface area (Å²) in [5, 5.41) is 7.24. The van der Waals surface area contributed by atoms with E-state index in [1.165, 1.54) is 0 Å². The Morgan fingerprint density at radius 1 is 0.894 bits per heavy atom. The van der Waals surface area contributed by atoms with Gasteiger partial charge in [-0.05, 0) is 96.2 Å². The van der Waals surface area contributed by atoms with Crippen molar-refractivity contribution in [3.8, 4) is 16.9 Å². The highest BCUT2D eigenvalue weighted by atomic mass is 19.1. The van der Waals surface area contributed by atoms with Crippen molar-refractivity contribution < 1.29 is 28.2 Å². The number of aryl methyl sites for hydroxylation is 3. The van der Waals surface area contributed by atoms with Gasteiger partial charge in [-0.15, -0.1) is 0 Å². The largest absolute Gasteiger partial charge is 0.489 e. The fraction of sp³-hybridized carbons (Fsp3) is 0.395. The fourth-order valence-electron chi connectivity index (χ4n) is 5.17. The first-order chi connectivity index (χ1) is 22.1. The maximum absolute atomic E-state index is 16.2. The zero-order valence-electron chi connectivity index (χ0n) is 28.6. The standard InChI is InChI=1S/C38H46FN3O5/c1-25(40-36(44)47-38(5,6)7)31-13-11-14-32(35(31)39)29-21-26(16-17-30-18-19-42(8)41-30)20-27(22-29)24-45-33-15-10-9-12-28(33)23-34(43)46-37(2,3)4/h9-15,18-22,25H,16-17,23-24H2,1-8H3,(H,40,44)/t25-/m1/s1. The van der Waals surface area contributed by atoms with Crippen LogP contribution in [0.5, 0.6) is 5.75 Å². The van der Waals surface area contributed by atoms with Crippen molar-refractivity contribution in [1.29, 1.82) is 0 Å². The number of rotatable bonds is 11. The summed E-state index contributed by atoms with van der Waals surface area (Å²) in [5.41, 5.74) is 3.71. The van der Waals surface area contributed by atoms with Gasteiger partial charge < -0.3 is 19.5 Å². The predicted molar refractivity (Wildman–Crippen MR) is 181 cm³/mol. The molecule has 0 saturated heterocycles. The van der Waals surface area contributed by atoms with Gasteiger partial charge in [0, 0.05) is 29.9 Å². The summed E-state index contributed by atoms with van der Waals surface area (Å²) >= 11 is 0. The van der Waals surface area contributed by atoms with Crippen LogP contribution in [0.2, 0.25) is 0 Å². The summed E-state index contributed by atoms with van der Waals surface area (Å²) in [7, 11) is 1.88. The van der Waals surface area contributed by atoms with Crippen molar-refractivity contribution in [2.24, 2.45) is 7.05 Å². The highest BCUT2D eigenvalue weighted by Gasteiger charge is 2.22. The number of halogens is 1. The Kier molecular flexibility index (Phi) is 11.1. The number of hydrogen-bond donors (Lipinski definition) is 1. The number of carbonyl (C=O) groups excluding carboxylic acids is 2. The summed E-state index contributed by atoms with van der Waals surface area (Å²) < 4.78 is 35.1. The van der Waals surface area contributed by atoms with E-state index in [-0.39, 0.29) is 19.0 Å². The average molecular weight is 644 g/mol. The summed E-state index contributed by atoms with van der Waals surface area (Å²) in [4.78, 5) is 25.0. The number of hydrogen-bond acceptors (Lipinski definition) is 6. The van der Waals surface area contributed by atoms with Crippen LogP contribution in [0.25, 0.3) is 11.1 Å². The summed E-state index contributed by atoms with van der Waals surface area (Å²) in [6, 6.07) is 19.9. The number of benzene rings is 3. The van der Waals surface area contributed by atoms with E-state index in [2.05, 4.69) is 16.5 Å². The van der Waals surface area contributed by atoms with Crippen LogP contribution in [0.15, 0.2) is 72.9 Å². The van der Waals surface area contributed by atoms with Gasteiger partial charge in [0.1, 0.15) is 29.4 Å². The molecule has 47 heavy (non-hydrogen) atoms. The number of carbonyl (C=O) groups is 2. The second kappa shape index (κ2) is 14.8. The lowest BCUT2D eigenvalue weighted by Crippen LogP contribution is -2.34. The van der Waals surface area contributed by atoms with Gasteiger partial charge in [-0.2, -0.15) is 5.10 Å². The molecule has 1 aromatic heterocycles. The molecule has 1 heterocycles. The minimum atomic E-state index is -0.672. The van der Waals surface area contributed by atoms with Crippen LogP contribution in [0, 0.1) is 5.82 Å². The topological polar surface area (TPSA) is 91.7 Å². The first-order valence-corrected chi connectivity index (χ1v) is 15.9. The minimum Gasteiger partial charge on any atom is -0.489 e. The Hall–Kier alpha value is -4.66. The monoisotopic (exact) mass is 643 g/mol. The second-order valence-electron chi connectivity index (χ2n) is 13.8. The van der Waals surface area contributed by atoms with E-state index >= 15 is 4.39 Å². The molecule has 0 bridgehead atoms. The lowest BCUT2D eigenvalue weighted by molar-refractivity contribution is -0.153. The van der Waals surface area contributed by atoms with Crippen molar-refractivity contribution in [2.75, 3.05) is 0 Å². The minimum absolute atomic E-state index is 0.0797. The van der Waals surface area contributed by atoms with Crippen molar-refractivity contribution in [3.05, 3.63) is 107 Å². The van der Waals surface area contributed by atoms with E-state index in [4.69, 9.17) is 14.2 Å². The Morgan fingerprint density at radius 2 is 1.60 bits per heavy atom. The molecule has 4 rings (SSSR count). The molecule has 0 aliphatic carbocycles. The molecule has 4 aromatic rings. The van der Waals surface area contributed by atoms with Crippen molar-refractivity contribution in [2.45, 2.75) is 91.6 Å². The van der Waals surface area contributed by atoms with Crippen molar-refractivity contribution in [1.82, 2.24) is 15.1 Å². The Morgan fingerprint density at radius 3 is 2.28 bits per heavy atom. The number of esters is 1. The SMILES string of the molecule is C[C@@H](NC(=O)OC(C)(C)C)c1cccc(-c2cc(CCc3ccn(C)n3)cc(COc3ccccc3CC(=O)OC(C)(C)C)c2)c1F. The molecule has 8 nitrogen and oxygen atoms in total. The third kappa shape index (κ3) is 10.7. The number of amides is 1. The van der Waals surface area contributed by atoms with Crippen LogP contribution < -0.4 is 10.1 Å². The summed E-state index contributed by atoms with van der Waals surface area (Å²) in [6.45, 7) is 12.8. The van der Waals surface area contributed by atoms with E-state index < -0.39 is 29.2 Å². The van der Waals surface area contributed by atoms with Gasteiger partial charge in [-0.25, -0.2) is 9.18 Å². The molecule has 0 unspecified atom stereocenters. The van der Waals surface area contributed by atoms with Crippen molar-refractivity contribution >= 4 is 12.1 Å². The van der Waals surface area contributed by atoms with Crippen LogP contribution in [-0.2, 0) is 47.2 Å². The lowest BCUT2D eigenvalue weighted by atomic mass is 9.94. The van der Waals surface area contributed by atoms with E-state index in [9.17, 15) is 9.59 Å². The third-order valence-corrected chi connectivity index (χ3v) is 7.15. The van der Waals surface area contributed by atoms with E-state index in [0.717, 1.165) is 22.4 Å². The number of aromatic nitrogens is 2. The van der Waals surface area contributed by atoms with E-state index in [1.807, 2.05) is 76.5 Å². The average Bonchev–Trinajstić information content (AvgIpc) is 3.38. The first-order valence-electron chi connectivity index (χ1n) is 15.9. The second-order valence-corrected chi connectivity index (χ2v) is 13.8. The molecule has 3 aromatic carbocycles. The van der Waals surface area contributed by atoms with E-state index in [1.54, 1.807) is 50.6 Å². The maximum Gasteiger partial charge on any atom is 0.408 e. The van der Waals surface area contributed by atoms with Crippen LogP contribution >= 0.6 is 0 Å². The highest BCUT2D eigenvalue weighted by molar-refractivity contribution is 5.74. The zero-order chi connectivity index (χ0) is 34.4. The van der Waals surface area contributed by atoms with Crippen LogP contribution in [0.1, 0.15) is 82.5 Å². The van der Waals surface area contributed by atoms with Gasteiger partial charge in [0.2, 0.25) is 0 Å². The van der Waals surface area contributed by atoms with Gasteiger partial charge in [0.25, 0.3) is 0 Å². The number of alkyl carbamates (subject to hydrolysis) is 1. The summed E-state index contributed by atoms with van der Waals surface area (Å²) in [5.74, 6) is -0.181. The van der Waals surface area contributed by atoms with Crippen LogP contribution in [-0.4, -0.2) is 33.0 Å². The molecule has 0 radical (unpaired) electrons. The van der Waals surface area contributed by atoms with Crippen molar-refractivity contribution in [3.63, 3.8) is 0 Å². The predicted octanol–water partition coefficient (Wildman–Crippen LogP) is 8.06. The zero-order valence-corrected chi connectivity index (χ0v) is 28.6. The maximum atomic E-state index is 16.2. The number of nitrogens with one attached hydrogen (secondary N) is 1. The fourth-order valence-corrected chi connectivity index (χ4v) is 5.17. The molecular weight excluding hydrogens is 597 g/mol. The molecule has 1 atom stereocenters. The molecule has 9 heteroatoms. The molecule has 1 amide bonds. The molecule has 1 N–H and O–H groups in total. The number of nitrogens with zero attached hydrogens (tertiary/aromatic N) is 2. The molecule has 0 aliphatic heterocycles. The quantitative estimate of drug-likeness (QED) is 0.166. The number of ether oxygens (including phenoxy) is 3. The van der Waals surface area contributed by atoms with Gasteiger partial charge in [-0.1, -0.05) is 48.5 Å². The smallest absolute Gasteiger partial charge is 0.408 e. The molecule has 0 fully saturated rings. The number of para-hydroxylation sites is 1. The Balaban J connectivity index is 1.62. The lowest BCUT2D eigenvalue weighted by Gasteiger charge is -2.22. The van der Waals surface area contributed by atoms with Gasteiger partial charge in [-0.3, -0.25) is 9.48 Å². The summed E-state index contributed by atoms with van der Waals surface area (Å²) in [6.07, 6.45) is 2.77. The van der Waals surface area contributed by atoms with Crippen LogP contribution in [0.3, 0.4) is 0 Å². The third-order valence-electron chi connectivity index (χ3n) is 7.15. The van der Waals surface area contributed by atoms with Gasteiger partial charge >= 0.3 is 12.1 Å². The normalized spacial score (nSPS) is 12.4. The molecule has 250 valence electrons.